The van der Waals surface area contributed by atoms with Crippen molar-refractivity contribution in [2.24, 2.45) is 0 Å². The zero-order chi connectivity index (χ0) is 11.1. The zero-order valence-corrected chi connectivity index (χ0v) is 9.83. The molecule has 0 unspecified atom stereocenters. The highest BCUT2D eigenvalue weighted by atomic mass is 14.6. The van der Waals surface area contributed by atoms with E-state index in [0.717, 1.165) is 11.9 Å². The number of nitrogens with zero attached hydrogens (tertiary/aromatic N) is 1. The van der Waals surface area contributed by atoms with E-state index in [-0.39, 0.29) is 0 Å². The number of fused-ring (bicyclic) bond motifs is 1. The predicted octanol–water partition coefficient (Wildman–Crippen LogP) is 4.21. The minimum absolute atomic E-state index is 1.05. The largest absolute Gasteiger partial charge is 0.256 e. The van der Waals surface area contributed by atoms with Gasteiger partial charge in [-0.1, -0.05) is 51.5 Å². The third-order valence-electron chi connectivity index (χ3n) is 2.10. The van der Waals surface area contributed by atoms with Crippen molar-refractivity contribution >= 4 is 10.9 Å². The SMILES string of the molecule is CCC.CCc1cccc2cccnc12. The Morgan fingerprint density at radius 2 is 1.67 bits per heavy atom. The molecule has 1 aromatic heterocycles. The van der Waals surface area contributed by atoms with Crippen LogP contribution < -0.4 is 0 Å². The average Bonchev–Trinajstić information content (AvgIpc) is 2.29. The minimum Gasteiger partial charge on any atom is -0.256 e. The van der Waals surface area contributed by atoms with Crippen LogP contribution in [0.15, 0.2) is 36.5 Å². The molecular weight excluding hydrogens is 182 g/mol. The van der Waals surface area contributed by atoms with Crippen LogP contribution in [0, 0.1) is 0 Å². The van der Waals surface area contributed by atoms with Gasteiger partial charge in [0.25, 0.3) is 0 Å². The van der Waals surface area contributed by atoms with Gasteiger partial charge in [-0.2, -0.15) is 0 Å². The van der Waals surface area contributed by atoms with E-state index in [0.29, 0.717) is 0 Å². The van der Waals surface area contributed by atoms with Gasteiger partial charge in [0.2, 0.25) is 0 Å². The number of aryl methyl sites for hydroxylation is 1. The molecule has 0 saturated heterocycles. The second kappa shape index (κ2) is 6.18. The lowest BCUT2D eigenvalue weighted by molar-refractivity contribution is 1.09. The van der Waals surface area contributed by atoms with Gasteiger partial charge in [0.15, 0.2) is 0 Å². The Morgan fingerprint density at radius 1 is 1.00 bits per heavy atom. The highest BCUT2D eigenvalue weighted by Gasteiger charge is 1.97. The fraction of sp³-hybridized carbons (Fsp3) is 0.357. The summed E-state index contributed by atoms with van der Waals surface area (Å²) in [6.45, 7) is 6.41. The van der Waals surface area contributed by atoms with Crippen LogP contribution in [0.5, 0.6) is 0 Å². The number of aromatic nitrogens is 1. The van der Waals surface area contributed by atoms with Gasteiger partial charge in [0, 0.05) is 11.6 Å². The van der Waals surface area contributed by atoms with Gasteiger partial charge >= 0.3 is 0 Å². The summed E-state index contributed by atoms with van der Waals surface area (Å²) >= 11 is 0. The first-order chi connectivity index (χ1) is 7.33. The summed E-state index contributed by atoms with van der Waals surface area (Å²) in [5.74, 6) is 0. The van der Waals surface area contributed by atoms with Crippen LogP contribution in [0.3, 0.4) is 0 Å². The van der Waals surface area contributed by atoms with Crippen molar-refractivity contribution in [2.45, 2.75) is 33.6 Å². The molecule has 1 nitrogen and oxygen atoms in total. The maximum atomic E-state index is 4.35. The van der Waals surface area contributed by atoms with Gasteiger partial charge in [0.1, 0.15) is 0 Å². The van der Waals surface area contributed by atoms with Crippen LogP contribution >= 0.6 is 0 Å². The van der Waals surface area contributed by atoms with Gasteiger partial charge in [-0.15, -0.1) is 0 Å². The summed E-state index contributed by atoms with van der Waals surface area (Å²) in [5, 5.41) is 1.23. The van der Waals surface area contributed by atoms with Gasteiger partial charge in [-0.3, -0.25) is 4.98 Å². The van der Waals surface area contributed by atoms with E-state index < -0.39 is 0 Å². The highest BCUT2D eigenvalue weighted by molar-refractivity contribution is 5.81. The molecule has 2 rings (SSSR count). The molecule has 0 amide bonds. The van der Waals surface area contributed by atoms with E-state index >= 15 is 0 Å². The number of hydrogen-bond donors (Lipinski definition) is 0. The fourth-order valence-electron chi connectivity index (χ4n) is 1.45. The Balaban J connectivity index is 0.000000337. The van der Waals surface area contributed by atoms with Crippen LogP contribution in [0.25, 0.3) is 10.9 Å². The smallest absolute Gasteiger partial charge is 0.0733 e. The van der Waals surface area contributed by atoms with Crippen molar-refractivity contribution in [3.05, 3.63) is 42.1 Å². The molecule has 0 atom stereocenters. The lowest BCUT2D eigenvalue weighted by atomic mass is 10.1. The molecule has 15 heavy (non-hydrogen) atoms. The number of rotatable bonds is 1. The van der Waals surface area contributed by atoms with Crippen molar-refractivity contribution < 1.29 is 0 Å². The molecule has 1 heterocycles. The molecule has 1 aromatic carbocycles. The maximum Gasteiger partial charge on any atom is 0.0733 e. The van der Waals surface area contributed by atoms with Crippen molar-refractivity contribution in [1.82, 2.24) is 4.98 Å². The summed E-state index contributed by atoms with van der Waals surface area (Å²) in [5.41, 5.74) is 2.47. The quantitative estimate of drug-likeness (QED) is 0.673. The Labute approximate surface area is 92.2 Å². The Morgan fingerprint density at radius 3 is 2.33 bits per heavy atom. The van der Waals surface area contributed by atoms with Gasteiger partial charge < -0.3 is 0 Å². The molecule has 1 heteroatoms. The predicted molar refractivity (Wildman–Crippen MR) is 67.1 cm³/mol. The summed E-state index contributed by atoms with van der Waals surface area (Å²) in [6.07, 6.45) is 4.15. The summed E-state index contributed by atoms with van der Waals surface area (Å²) in [6, 6.07) is 10.4. The van der Waals surface area contributed by atoms with Crippen LogP contribution in [-0.4, -0.2) is 4.98 Å². The van der Waals surface area contributed by atoms with Crippen molar-refractivity contribution in [1.29, 1.82) is 0 Å². The van der Waals surface area contributed by atoms with Crippen LogP contribution in [0.1, 0.15) is 32.8 Å². The van der Waals surface area contributed by atoms with E-state index in [4.69, 9.17) is 0 Å². The van der Waals surface area contributed by atoms with Crippen molar-refractivity contribution in [2.75, 3.05) is 0 Å². The van der Waals surface area contributed by atoms with Gasteiger partial charge in [-0.05, 0) is 18.1 Å². The van der Waals surface area contributed by atoms with E-state index in [2.05, 4.69) is 50.0 Å². The minimum atomic E-state index is 1.05. The third-order valence-corrected chi connectivity index (χ3v) is 2.10. The molecule has 0 aliphatic carbocycles. The summed E-state index contributed by atoms with van der Waals surface area (Å²) in [4.78, 5) is 4.35. The molecule has 0 aliphatic rings. The molecule has 0 bridgehead atoms. The van der Waals surface area contributed by atoms with Gasteiger partial charge in [-0.25, -0.2) is 0 Å². The number of para-hydroxylation sites is 1. The standard InChI is InChI=1S/C11H11N.C3H8/c1-2-9-5-3-6-10-7-4-8-12-11(9)10;1-3-2/h3-8H,2H2,1H3;3H2,1-2H3. The molecule has 0 saturated carbocycles. The first-order valence-electron chi connectivity index (χ1n) is 5.66. The fourth-order valence-corrected chi connectivity index (χ4v) is 1.45. The number of benzene rings is 1. The molecule has 0 fully saturated rings. The normalized spacial score (nSPS) is 9.53. The lowest BCUT2D eigenvalue weighted by Gasteiger charge is -2.00. The molecule has 80 valence electrons. The van der Waals surface area contributed by atoms with Crippen molar-refractivity contribution in [3.63, 3.8) is 0 Å². The number of pyridine rings is 1. The Kier molecular flexibility index (Phi) is 4.82. The van der Waals surface area contributed by atoms with Crippen LogP contribution in [0.2, 0.25) is 0 Å². The molecule has 0 N–H and O–H groups in total. The molecule has 0 spiro atoms. The molecule has 0 aliphatic heterocycles. The monoisotopic (exact) mass is 201 g/mol. The summed E-state index contributed by atoms with van der Waals surface area (Å²) < 4.78 is 0. The maximum absolute atomic E-state index is 4.35. The molecule has 0 radical (unpaired) electrons. The lowest BCUT2D eigenvalue weighted by Crippen LogP contribution is -1.85. The highest BCUT2D eigenvalue weighted by Crippen LogP contribution is 2.15. The Hall–Kier alpha value is -1.37. The first-order valence-corrected chi connectivity index (χ1v) is 5.66. The average molecular weight is 201 g/mol. The second-order valence-electron chi connectivity index (χ2n) is 3.55. The van der Waals surface area contributed by atoms with E-state index in [9.17, 15) is 0 Å². The van der Waals surface area contributed by atoms with Crippen molar-refractivity contribution in [3.8, 4) is 0 Å². The van der Waals surface area contributed by atoms with E-state index in [1.165, 1.54) is 17.4 Å². The number of hydrogen-bond acceptors (Lipinski definition) is 1. The zero-order valence-electron chi connectivity index (χ0n) is 9.83. The van der Waals surface area contributed by atoms with E-state index in [1.54, 1.807) is 0 Å². The Bertz CT molecular complexity index is 402. The summed E-state index contributed by atoms with van der Waals surface area (Å²) in [7, 11) is 0. The van der Waals surface area contributed by atoms with Crippen LogP contribution in [-0.2, 0) is 6.42 Å². The third kappa shape index (κ3) is 3.05. The molecular formula is C14H19N. The second-order valence-corrected chi connectivity index (χ2v) is 3.55. The first kappa shape index (κ1) is 11.7. The van der Waals surface area contributed by atoms with Gasteiger partial charge in [0.05, 0.1) is 5.52 Å². The van der Waals surface area contributed by atoms with E-state index in [1.807, 2.05) is 12.3 Å². The topological polar surface area (TPSA) is 12.9 Å². The van der Waals surface area contributed by atoms with Crippen LogP contribution in [0.4, 0.5) is 0 Å². The molecule has 2 aromatic rings.